The molecule has 144 valence electrons. The fraction of sp³-hybridized carbons (Fsp3) is 0.286. The minimum Gasteiger partial charge on any atom is -0.352 e. The zero-order chi connectivity index (χ0) is 19.3. The van der Waals surface area contributed by atoms with Crippen LogP contribution in [0, 0.1) is 6.92 Å². The Kier molecular flexibility index (Phi) is 5.23. The van der Waals surface area contributed by atoms with Gasteiger partial charge in [0.05, 0.1) is 5.69 Å². The molecule has 1 aliphatic rings. The molecule has 0 aliphatic carbocycles. The quantitative estimate of drug-likeness (QED) is 0.734. The average Bonchev–Trinajstić information content (AvgIpc) is 3.24. The van der Waals surface area contributed by atoms with Gasteiger partial charge in [0.2, 0.25) is 0 Å². The Hall–Kier alpha value is -3.35. The van der Waals surface area contributed by atoms with E-state index < -0.39 is 0 Å². The van der Waals surface area contributed by atoms with Gasteiger partial charge in [-0.2, -0.15) is 5.10 Å². The van der Waals surface area contributed by atoms with Crippen LogP contribution in [0.15, 0.2) is 54.9 Å². The second kappa shape index (κ2) is 8.12. The second-order valence-electron chi connectivity index (χ2n) is 6.99. The summed E-state index contributed by atoms with van der Waals surface area (Å²) in [5, 5.41) is 10.5. The molecular formula is C21H24N6O. The molecule has 2 aromatic heterocycles. The maximum Gasteiger partial charge on any atom is 0.317 e. The number of pyridine rings is 1. The van der Waals surface area contributed by atoms with Crippen LogP contribution in [-0.4, -0.2) is 52.3 Å². The third-order valence-corrected chi connectivity index (χ3v) is 5.01. The molecule has 7 nitrogen and oxygen atoms in total. The number of urea groups is 1. The molecule has 0 unspecified atom stereocenters. The molecule has 4 rings (SSSR count). The lowest BCUT2D eigenvalue weighted by Gasteiger charge is -2.34. The Bertz CT molecular complexity index is 914. The topological polar surface area (TPSA) is 77.2 Å². The van der Waals surface area contributed by atoms with Gasteiger partial charge in [-0.05, 0) is 24.6 Å². The number of nitrogens with one attached hydrogen (secondary N) is 2. The number of nitrogens with zero attached hydrogens (tertiary/aromatic N) is 4. The van der Waals surface area contributed by atoms with Gasteiger partial charge in [-0.1, -0.05) is 29.8 Å². The van der Waals surface area contributed by atoms with E-state index in [0.29, 0.717) is 19.6 Å². The maximum atomic E-state index is 12.4. The molecule has 2 N–H and O–H groups in total. The van der Waals surface area contributed by atoms with Crippen LogP contribution < -0.4 is 10.2 Å². The van der Waals surface area contributed by atoms with Crippen LogP contribution in [0.1, 0.15) is 11.1 Å². The van der Waals surface area contributed by atoms with Crippen molar-refractivity contribution in [1.82, 2.24) is 25.4 Å². The molecule has 1 aromatic carbocycles. The number of aromatic nitrogens is 3. The van der Waals surface area contributed by atoms with Gasteiger partial charge in [-0.25, -0.2) is 4.79 Å². The lowest BCUT2D eigenvalue weighted by molar-refractivity contribution is 0.194. The Morgan fingerprint density at radius 2 is 1.79 bits per heavy atom. The number of amides is 2. The van der Waals surface area contributed by atoms with Crippen LogP contribution in [0.2, 0.25) is 0 Å². The molecule has 7 heteroatoms. The van der Waals surface area contributed by atoms with Crippen molar-refractivity contribution >= 4 is 11.8 Å². The molecule has 3 heterocycles. The largest absolute Gasteiger partial charge is 0.352 e. The first-order valence-electron chi connectivity index (χ1n) is 9.48. The fourth-order valence-corrected chi connectivity index (χ4v) is 3.29. The molecule has 0 saturated carbocycles. The molecule has 2 amide bonds. The van der Waals surface area contributed by atoms with Crippen molar-refractivity contribution in [3.63, 3.8) is 0 Å². The Morgan fingerprint density at radius 3 is 2.50 bits per heavy atom. The van der Waals surface area contributed by atoms with Crippen LogP contribution >= 0.6 is 0 Å². The summed E-state index contributed by atoms with van der Waals surface area (Å²) in [7, 11) is 0. The number of hydrogen-bond acceptors (Lipinski definition) is 4. The number of piperazine rings is 1. The standard InChI is InChI=1S/C21H24N6O/c1-16-2-4-17(5-3-16)15-23-21(28)27-12-10-26(11-13-27)20-14-19(24-25-20)18-6-8-22-9-7-18/h2-9,14H,10-13,15H2,1H3,(H,23,28)(H,24,25). The molecule has 3 aromatic rings. The molecule has 0 radical (unpaired) electrons. The number of carbonyl (C=O) groups excluding carboxylic acids is 1. The van der Waals surface area contributed by atoms with Gasteiger partial charge in [-0.15, -0.1) is 0 Å². The monoisotopic (exact) mass is 376 g/mol. The highest BCUT2D eigenvalue weighted by Gasteiger charge is 2.22. The number of H-pyrrole nitrogens is 1. The van der Waals surface area contributed by atoms with Gasteiger partial charge in [0.25, 0.3) is 0 Å². The number of anilines is 1. The number of carbonyl (C=O) groups is 1. The predicted molar refractivity (Wildman–Crippen MR) is 109 cm³/mol. The molecule has 28 heavy (non-hydrogen) atoms. The molecule has 0 atom stereocenters. The predicted octanol–water partition coefficient (Wildman–Crippen LogP) is 2.81. The van der Waals surface area contributed by atoms with E-state index in [1.165, 1.54) is 5.56 Å². The zero-order valence-corrected chi connectivity index (χ0v) is 15.9. The number of benzene rings is 1. The van der Waals surface area contributed by atoms with Gasteiger partial charge in [0, 0.05) is 56.7 Å². The van der Waals surface area contributed by atoms with E-state index in [1.807, 2.05) is 35.2 Å². The van der Waals surface area contributed by atoms with Crippen molar-refractivity contribution in [3.05, 3.63) is 66.0 Å². The van der Waals surface area contributed by atoms with Crippen LogP contribution in [0.5, 0.6) is 0 Å². The lowest BCUT2D eigenvalue weighted by Crippen LogP contribution is -2.51. The van der Waals surface area contributed by atoms with Crippen molar-refractivity contribution < 1.29 is 4.79 Å². The summed E-state index contributed by atoms with van der Waals surface area (Å²) >= 11 is 0. The highest BCUT2D eigenvalue weighted by atomic mass is 16.2. The molecule has 1 saturated heterocycles. The number of aromatic amines is 1. The number of rotatable bonds is 4. The number of hydrogen-bond donors (Lipinski definition) is 2. The van der Waals surface area contributed by atoms with Gasteiger partial charge in [0.1, 0.15) is 0 Å². The first-order chi connectivity index (χ1) is 13.7. The van der Waals surface area contributed by atoms with Crippen LogP contribution in [0.3, 0.4) is 0 Å². The van der Waals surface area contributed by atoms with Gasteiger partial charge < -0.3 is 15.1 Å². The zero-order valence-electron chi connectivity index (χ0n) is 15.9. The summed E-state index contributed by atoms with van der Waals surface area (Å²) in [5.74, 6) is 0.909. The maximum absolute atomic E-state index is 12.4. The van der Waals surface area contributed by atoms with Gasteiger partial charge >= 0.3 is 6.03 Å². The lowest BCUT2D eigenvalue weighted by atomic mass is 10.1. The van der Waals surface area contributed by atoms with Crippen LogP contribution in [0.4, 0.5) is 10.6 Å². The normalized spacial score (nSPS) is 14.2. The Labute approximate surface area is 164 Å². The van der Waals surface area contributed by atoms with Crippen LogP contribution in [0.25, 0.3) is 11.3 Å². The van der Waals surface area contributed by atoms with E-state index in [0.717, 1.165) is 35.7 Å². The minimum atomic E-state index is -0.0141. The first kappa shape index (κ1) is 18.0. The molecular weight excluding hydrogens is 352 g/mol. The van der Waals surface area contributed by atoms with Crippen molar-refractivity contribution in [3.8, 4) is 11.3 Å². The third kappa shape index (κ3) is 4.14. The summed E-state index contributed by atoms with van der Waals surface area (Å²) in [6, 6.07) is 14.1. The van der Waals surface area contributed by atoms with Crippen LogP contribution in [-0.2, 0) is 6.54 Å². The highest BCUT2D eigenvalue weighted by molar-refractivity contribution is 5.74. The second-order valence-corrected chi connectivity index (χ2v) is 6.99. The van der Waals surface area contributed by atoms with E-state index >= 15 is 0 Å². The summed E-state index contributed by atoms with van der Waals surface area (Å²) in [4.78, 5) is 20.5. The average molecular weight is 376 g/mol. The molecule has 0 bridgehead atoms. The Balaban J connectivity index is 1.29. The molecule has 1 aliphatic heterocycles. The Morgan fingerprint density at radius 1 is 1.07 bits per heavy atom. The van der Waals surface area contributed by atoms with E-state index in [4.69, 9.17) is 0 Å². The van der Waals surface area contributed by atoms with E-state index in [2.05, 4.69) is 44.5 Å². The summed E-state index contributed by atoms with van der Waals surface area (Å²) in [6.45, 7) is 5.49. The number of aryl methyl sites for hydroxylation is 1. The van der Waals surface area contributed by atoms with Gasteiger partial charge in [-0.3, -0.25) is 10.1 Å². The van der Waals surface area contributed by atoms with Crippen molar-refractivity contribution in [2.24, 2.45) is 0 Å². The van der Waals surface area contributed by atoms with Crippen molar-refractivity contribution in [1.29, 1.82) is 0 Å². The summed E-state index contributed by atoms with van der Waals surface area (Å²) in [5.41, 5.74) is 4.35. The molecule has 1 fully saturated rings. The van der Waals surface area contributed by atoms with E-state index in [1.54, 1.807) is 12.4 Å². The summed E-state index contributed by atoms with van der Waals surface area (Å²) in [6.07, 6.45) is 3.54. The van der Waals surface area contributed by atoms with Gasteiger partial charge in [0.15, 0.2) is 5.82 Å². The van der Waals surface area contributed by atoms with E-state index in [-0.39, 0.29) is 6.03 Å². The minimum absolute atomic E-state index is 0.0141. The smallest absolute Gasteiger partial charge is 0.317 e. The van der Waals surface area contributed by atoms with Crippen molar-refractivity contribution in [2.45, 2.75) is 13.5 Å². The first-order valence-corrected chi connectivity index (χ1v) is 9.48. The fourth-order valence-electron chi connectivity index (χ4n) is 3.29. The highest BCUT2D eigenvalue weighted by Crippen LogP contribution is 2.22. The summed E-state index contributed by atoms with van der Waals surface area (Å²) < 4.78 is 0. The van der Waals surface area contributed by atoms with Crippen molar-refractivity contribution in [2.75, 3.05) is 31.1 Å². The molecule has 0 spiro atoms. The third-order valence-electron chi connectivity index (χ3n) is 5.01. The van der Waals surface area contributed by atoms with E-state index in [9.17, 15) is 4.79 Å². The SMILES string of the molecule is Cc1ccc(CNC(=O)N2CCN(c3cc(-c4ccncc4)[nH]n3)CC2)cc1.